The minimum atomic E-state index is -3.85. The Bertz CT molecular complexity index is 1030. The molecule has 3 rings (SSSR count). The molecule has 3 atom stereocenters. The van der Waals surface area contributed by atoms with Crippen molar-refractivity contribution < 1.29 is 18.3 Å². The number of carbonyl (C=O) groups is 1. The van der Waals surface area contributed by atoms with E-state index in [2.05, 4.69) is 20.8 Å². The van der Waals surface area contributed by atoms with Crippen LogP contribution < -0.4 is 0 Å². The number of carboxylic acids is 1. The lowest BCUT2D eigenvalue weighted by Crippen LogP contribution is -2.49. The summed E-state index contributed by atoms with van der Waals surface area (Å²) in [5.74, 6) is -0.257. The van der Waals surface area contributed by atoms with Crippen LogP contribution in [0.3, 0.4) is 0 Å². The predicted octanol–water partition coefficient (Wildman–Crippen LogP) is 5.54. The van der Waals surface area contributed by atoms with Crippen molar-refractivity contribution in [1.29, 1.82) is 0 Å². The number of piperidine rings is 1. The zero-order valence-corrected chi connectivity index (χ0v) is 21.5. The fraction of sp³-hybridized carbons (Fsp3) is 0.500. The summed E-state index contributed by atoms with van der Waals surface area (Å²) in [4.78, 5) is 12.4. The van der Waals surface area contributed by atoms with Crippen LogP contribution in [0, 0.1) is 18.8 Å². The highest BCUT2D eigenvalue weighted by atomic mass is 32.2. The quantitative estimate of drug-likeness (QED) is 0.500. The fourth-order valence-corrected chi connectivity index (χ4v) is 7.52. The van der Waals surface area contributed by atoms with Gasteiger partial charge >= 0.3 is 5.97 Å². The van der Waals surface area contributed by atoms with Gasteiger partial charge in [0.25, 0.3) is 0 Å². The van der Waals surface area contributed by atoms with Gasteiger partial charge in [0.15, 0.2) is 0 Å². The number of hydrogen-bond acceptors (Lipinski definition) is 4. The summed E-state index contributed by atoms with van der Waals surface area (Å²) in [7, 11) is -3.85. The second-order valence-electron chi connectivity index (χ2n) is 9.27. The maximum atomic E-state index is 13.7. The molecule has 0 bridgehead atoms. The highest BCUT2D eigenvalue weighted by Gasteiger charge is 2.45. The van der Waals surface area contributed by atoms with Gasteiger partial charge in [0.1, 0.15) is 0 Å². The van der Waals surface area contributed by atoms with Gasteiger partial charge in [-0.2, -0.15) is 16.1 Å². The highest BCUT2D eigenvalue weighted by Crippen LogP contribution is 2.42. The Morgan fingerprint density at radius 3 is 2.30 bits per heavy atom. The van der Waals surface area contributed by atoms with Crippen molar-refractivity contribution in [2.24, 2.45) is 11.8 Å². The number of carboxylic acid groups (broad SMARTS) is 1. The minimum absolute atomic E-state index is 0.0227. The van der Waals surface area contributed by atoms with Crippen LogP contribution in [0.15, 0.2) is 53.4 Å². The molecule has 1 N–H and O–H groups in total. The largest absolute Gasteiger partial charge is 0.481 e. The number of aryl methyl sites for hydroxylation is 2. The third-order valence-electron chi connectivity index (χ3n) is 6.37. The van der Waals surface area contributed by atoms with Crippen LogP contribution in [-0.2, 0) is 21.2 Å². The molecule has 0 unspecified atom stereocenters. The first-order chi connectivity index (χ1) is 15.6. The van der Waals surface area contributed by atoms with Crippen molar-refractivity contribution in [3.05, 3.63) is 65.2 Å². The highest BCUT2D eigenvalue weighted by molar-refractivity contribution is 7.99. The number of thioether (sulfide) groups is 1. The number of rotatable bonds is 9. The molecular formula is C26H35NO4S2. The van der Waals surface area contributed by atoms with E-state index in [-0.39, 0.29) is 16.7 Å². The van der Waals surface area contributed by atoms with Crippen LogP contribution in [0.4, 0.5) is 0 Å². The molecule has 1 saturated heterocycles. The molecule has 180 valence electrons. The van der Waals surface area contributed by atoms with Crippen molar-refractivity contribution in [3.8, 4) is 0 Å². The topological polar surface area (TPSA) is 74.7 Å². The first-order valence-electron chi connectivity index (χ1n) is 11.6. The molecule has 0 saturated carbocycles. The van der Waals surface area contributed by atoms with E-state index in [4.69, 9.17) is 0 Å². The van der Waals surface area contributed by atoms with Gasteiger partial charge in [-0.25, -0.2) is 8.42 Å². The molecule has 0 amide bonds. The van der Waals surface area contributed by atoms with E-state index in [9.17, 15) is 18.3 Å². The van der Waals surface area contributed by atoms with Gasteiger partial charge in [-0.15, -0.1) is 0 Å². The molecule has 1 fully saturated rings. The first-order valence-corrected chi connectivity index (χ1v) is 14.1. The number of benzene rings is 2. The summed E-state index contributed by atoms with van der Waals surface area (Å²) in [6.07, 6.45) is 2.40. The Balaban J connectivity index is 2.00. The summed E-state index contributed by atoms with van der Waals surface area (Å²) in [5, 5.41) is 9.86. The van der Waals surface area contributed by atoms with E-state index in [1.807, 2.05) is 31.2 Å². The summed E-state index contributed by atoms with van der Waals surface area (Å²) in [5.41, 5.74) is 3.08. The molecule has 0 spiro atoms. The molecule has 0 aromatic heterocycles. The van der Waals surface area contributed by atoms with Crippen molar-refractivity contribution in [1.82, 2.24) is 4.31 Å². The SMILES string of the molecule is CCc1ccc([C@@H]2C[C@@H](SCCC(C)C)[C@H](C(=O)O)CN2S(=O)(=O)c2ccc(C)cc2)cc1. The predicted molar refractivity (Wildman–Crippen MR) is 135 cm³/mol. The summed E-state index contributed by atoms with van der Waals surface area (Å²) in [6, 6.07) is 14.5. The Hall–Kier alpha value is -1.83. The zero-order valence-electron chi connectivity index (χ0n) is 19.9. The fourth-order valence-electron chi connectivity index (χ4n) is 4.21. The Morgan fingerprint density at radius 2 is 1.76 bits per heavy atom. The van der Waals surface area contributed by atoms with Crippen LogP contribution in [0.2, 0.25) is 0 Å². The third-order valence-corrected chi connectivity index (χ3v) is 9.68. The van der Waals surface area contributed by atoms with Crippen molar-refractivity contribution in [3.63, 3.8) is 0 Å². The molecule has 2 aromatic rings. The Kier molecular flexibility index (Phi) is 8.65. The zero-order chi connectivity index (χ0) is 24.2. The van der Waals surface area contributed by atoms with E-state index in [1.165, 1.54) is 9.87 Å². The Morgan fingerprint density at radius 1 is 1.12 bits per heavy atom. The van der Waals surface area contributed by atoms with E-state index < -0.39 is 28.0 Å². The lowest BCUT2D eigenvalue weighted by molar-refractivity contribution is -0.143. The molecular weight excluding hydrogens is 454 g/mol. The van der Waals surface area contributed by atoms with E-state index in [0.717, 1.165) is 29.7 Å². The standard InChI is InChI=1S/C26H35NO4S2/c1-5-20-8-10-21(11-9-20)24-16-25(32-15-14-18(2)3)23(26(28)29)17-27(24)33(30,31)22-12-6-19(4)7-13-22/h6-13,18,23-25H,5,14-17H2,1-4H3,(H,28,29)/t23-,24+,25-/m1/s1. The van der Waals surface area contributed by atoms with Crippen molar-refractivity contribution >= 4 is 27.8 Å². The monoisotopic (exact) mass is 489 g/mol. The average Bonchev–Trinajstić information content (AvgIpc) is 2.78. The molecule has 33 heavy (non-hydrogen) atoms. The Labute approximate surface area is 202 Å². The first kappa shape index (κ1) is 25.8. The third kappa shape index (κ3) is 6.19. The average molecular weight is 490 g/mol. The number of nitrogens with zero attached hydrogens (tertiary/aromatic N) is 1. The summed E-state index contributed by atoms with van der Waals surface area (Å²) in [6.45, 7) is 8.29. The lowest BCUT2D eigenvalue weighted by Gasteiger charge is -2.42. The van der Waals surface area contributed by atoms with Gasteiger partial charge in [0, 0.05) is 11.8 Å². The number of hydrogen-bond donors (Lipinski definition) is 1. The maximum absolute atomic E-state index is 13.7. The van der Waals surface area contributed by atoms with Crippen LogP contribution in [0.25, 0.3) is 0 Å². The normalized spacial score (nSPS) is 21.9. The summed E-state index contributed by atoms with van der Waals surface area (Å²) < 4.78 is 28.8. The molecule has 0 aliphatic carbocycles. The van der Waals surface area contributed by atoms with Crippen molar-refractivity contribution in [2.45, 2.75) is 63.1 Å². The van der Waals surface area contributed by atoms with Crippen LogP contribution in [0.5, 0.6) is 0 Å². The van der Waals surface area contributed by atoms with E-state index in [1.54, 1.807) is 36.0 Å². The van der Waals surface area contributed by atoms with E-state index >= 15 is 0 Å². The summed E-state index contributed by atoms with van der Waals surface area (Å²) >= 11 is 1.68. The van der Waals surface area contributed by atoms with Gasteiger partial charge in [-0.1, -0.05) is 62.7 Å². The number of sulfonamides is 1. The van der Waals surface area contributed by atoms with E-state index in [0.29, 0.717) is 12.3 Å². The van der Waals surface area contributed by atoms with Gasteiger partial charge in [-0.05, 0) is 61.1 Å². The number of aliphatic carboxylic acids is 1. The molecule has 1 heterocycles. The van der Waals surface area contributed by atoms with Gasteiger partial charge in [0.2, 0.25) is 10.0 Å². The van der Waals surface area contributed by atoms with Crippen molar-refractivity contribution in [2.75, 3.05) is 12.3 Å². The molecule has 7 heteroatoms. The van der Waals surface area contributed by atoms with Gasteiger partial charge in [-0.3, -0.25) is 4.79 Å². The molecule has 1 aliphatic rings. The van der Waals surface area contributed by atoms with Crippen LogP contribution >= 0.6 is 11.8 Å². The molecule has 0 radical (unpaired) electrons. The van der Waals surface area contributed by atoms with Gasteiger partial charge < -0.3 is 5.11 Å². The van der Waals surface area contributed by atoms with Gasteiger partial charge in [0.05, 0.1) is 16.9 Å². The molecule has 5 nitrogen and oxygen atoms in total. The van der Waals surface area contributed by atoms with Crippen LogP contribution in [0.1, 0.15) is 56.3 Å². The second kappa shape index (κ2) is 11.1. The minimum Gasteiger partial charge on any atom is -0.481 e. The second-order valence-corrected chi connectivity index (χ2v) is 12.5. The maximum Gasteiger partial charge on any atom is 0.308 e. The lowest BCUT2D eigenvalue weighted by atomic mass is 9.90. The molecule has 2 aromatic carbocycles. The molecule has 1 aliphatic heterocycles. The van der Waals surface area contributed by atoms with Crippen LogP contribution in [-0.4, -0.2) is 41.3 Å². The smallest absolute Gasteiger partial charge is 0.308 e.